The Balaban J connectivity index is 1.71. The molecule has 1 saturated carbocycles. The van der Waals surface area contributed by atoms with Gasteiger partial charge in [0.15, 0.2) is 10.8 Å². The minimum Gasteiger partial charge on any atom is -0.496 e. The van der Waals surface area contributed by atoms with Gasteiger partial charge in [-0.15, -0.1) is 0 Å². The summed E-state index contributed by atoms with van der Waals surface area (Å²) in [5, 5.41) is -2.17. The highest BCUT2D eigenvalue weighted by molar-refractivity contribution is 7.99. The fourth-order valence-electron chi connectivity index (χ4n) is 4.18. The fraction of sp³-hybridized carbons (Fsp3) is 0.519. The molecule has 1 aromatic carbocycles. The number of para-hydroxylation sites is 1. The predicted molar refractivity (Wildman–Crippen MR) is 160 cm³/mol. The van der Waals surface area contributed by atoms with Gasteiger partial charge >= 0.3 is 19.9 Å². The summed E-state index contributed by atoms with van der Waals surface area (Å²) in [6.07, 6.45) is -1.39. The van der Waals surface area contributed by atoms with Gasteiger partial charge in [-0.05, 0) is 64.4 Å². The lowest BCUT2D eigenvalue weighted by atomic mass is 10.3. The number of methoxy groups -OCH3 is 1. The summed E-state index contributed by atoms with van der Waals surface area (Å²) in [4.78, 5) is 59.5. The number of anilines is 1. The number of aromatic nitrogens is 4. The highest BCUT2D eigenvalue weighted by atomic mass is 32.2. The maximum atomic E-state index is 13.1. The standard InChI is InChI=1S/C27H36N5O11PS/c1-16(2)41-24(33)39-14-27(44(35,36)37,15-40-25(34)42-17(3)4)43-26(10-11-26)13-32-21-18(12-29-22(28)31-21)30-23(32)45-20-9-7-6-8-19(20)38-5/h6-9,12,16-17H,10-11,13-15H2,1-5H3,(H2,28,29,31)(H2,35,36,37). The Bertz CT molecular complexity index is 1550. The van der Waals surface area contributed by atoms with Crippen molar-refractivity contribution in [3.63, 3.8) is 0 Å². The van der Waals surface area contributed by atoms with Crippen LogP contribution in [0.25, 0.3) is 11.2 Å². The van der Waals surface area contributed by atoms with E-state index >= 15 is 0 Å². The number of carbonyl (C=O) groups excluding carboxylic acids is 2. The minimum absolute atomic E-state index is 0.00787. The second-order valence-corrected chi connectivity index (χ2v) is 13.8. The molecule has 0 bridgehead atoms. The van der Waals surface area contributed by atoms with Crippen molar-refractivity contribution in [2.45, 2.75) is 80.3 Å². The van der Waals surface area contributed by atoms with Crippen LogP contribution < -0.4 is 10.5 Å². The Kier molecular flexibility index (Phi) is 10.5. The van der Waals surface area contributed by atoms with Crippen LogP contribution in [0.3, 0.4) is 0 Å². The summed E-state index contributed by atoms with van der Waals surface area (Å²) in [5.74, 6) is 0.586. The highest BCUT2D eigenvalue weighted by Crippen LogP contribution is 2.58. The SMILES string of the molecule is COc1ccccc1Sc1nc2cnc(N)nc2n1CC1(OC(COC(=O)OC(C)C)(COC(=O)OC(C)C)P(=O)(O)O)CC1. The Morgan fingerprint density at radius 3 is 2.20 bits per heavy atom. The molecule has 1 aliphatic rings. The number of benzene rings is 1. The number of fused-ring (bicyclic) bond motifs is 1. The number of imidazole rings is 1. The van der Waals surface area contributed by atoms with E-state index in [4.69, 9.17) is 34.2 Å². The van der Waals surface area contributed by atoms with E-state index in [1.54, 1.807) is 45.4 Å². The van der Waals surface area contributed by atoms with Crippen LogP contribution in [0.1, 0.15) is 40.5 Å². The van der Waals surface area contributed by atoms with Gasteiger partial charge in [-0.25, -0.2) is 19.6 Å². The number of nitrogen functional groups attached to an aromatic ring is 1. The van der Waals surface area contributed by atoms with Gasteiger partial charge in [-0.2, -0.15) is 4.98 Å². The molecule has 3 aromatic rings. The van der Waals surface area contributed by atoms with Gasteiger partial charge in [-0.1, -0.05) is 12.1 Å². The summed E-state index contributed by atoms with van der Waals surface area (Å²) in [6, 6.07) is 7.30. The second-order valence-electron chi connectivity index (χ2n) is 10.9. The minimum atomic E-state index is -5.35. The number of ether oxygens (including phenoxy) is 6. The van der Waals surface area contributed by atoms with Gasteiger partial charge < -0.3 is 48.5 Å². The van der Waals surface area contributed by atoms with Crippen molar-refractivity contribution in [3.8, 4) is 5.75 Å². The van der Waals surface area contributed by atoms with Crippen molar-refractivity contribution in [2.24, 2.45) is 0 Å². The number of nitrogens with two attached hydrogens (primary N) is 1. The average Bonchev–Trinajstić information content (AvgIpc) is 3.63. The molecule has 0 radical (unpaired) electrons. The Morgan fingerprint density at radius 1 is 1.07 bits per heavy atom. The maximum Gasteiger partial charge on any atom is 0.508 e. The third kappa shape index (κ3) is 8.55. The van der Waals surface area contributed by atoms with Crippen LogP contribution >= 0.6 is 19.4 Å². The third-order valence-electron chi connectivity index (χ3n) is 6.43. The highest BCUT2D eigenvalue weighted by Gasteiger charge is 2.60. The van der Waals surface area contributed by atoms with E-state index in [0.29, 0.717) is 34.9 Å². The molecule has 0 aliphatic heterocycles. The van der Waals surface area contributed by atoms with Crippen molar-refractivity contribution >= 4 is 48.8 Å². The van der Waals surface area contributed by atoms with E-state index < -0.39 is 56.3 Å². The van der Waals surface area contributed by atoms with Crippen LogP contribution in [-0.4, -0.2) is 85.1 Å². The number of rotatable bonds is 14. The summed E-state index contributed by atoms with van der Waals surface area (Å²) in [5.41, 5.74) is 5.43. The molecule has 0 atom stereocenters. The molecular weight excluding hydrogens is 633 g/mol. The van der Waals surface area contributed by atoms with E-state index in [1.165, 1.54) is 18.0 Å². The largest absolute Gasteiger partial charge is 0.508 e. The van der Waals surface area contributed by atoms with Crippen molar-refractivity contribution in [2.75, 3.05) is 26.1 Å². The zero-order chi connectivity index (χ0) is 33.0. The van der Waals surface area contributed by atoms with E-state index in [-0.39, 0.29) is 12.5 Å². The first-order chi connectivity index (χ1) is 21.2. The molecule has 4 rings (SSSR count). The van der Waals surface area contributed by atoms with Crippen LogP contribution in [0.2, 0.25) is 0 Å². The van der Waals surface area contributed by atoms with E-state index in [1.807, 2.05) is 18.2 Å². The molecule has 0 spiro atoms. The molecule has 45 heavy (non-hydrogen) atoms. The lowest BCUT2D eigenvalue weighted by Crippen LogP contribution is -2.48. The normalized spacial score (nSPS) is 14.4. The average molecular weight is 670 g/mol. The van der Waals surface area contributed by atoms with Crippen molar-refractivity contribution in [1.29, 1.82) is 0 Å². The lowest BCUT2D eigenvalue weighted by molar-refractivity contribution is -0.133. The van der Waals surface area contributed by atoms with Crippen LogP contribution in [-0.2, 0) is 34.8 Å². The van der Waals surface area contributed by atoms with Crippen LogP contribution in [0, 0.1) is 0 Å². The Morgan fingerprint density at radius 2 is 1.67 bits per heavy atom. The first-order valence-corrected chi connectivity index (χ1v) is 16.3. The summed E-state index contributed by atoms with van der Waals surface area (Å²) >= 11 is 1.27. The fourth-order valence-corrected chi connectivity index (χ4v) is 5.96. The van der Waals surface area contributed by atoms with Gasteiger partial charge in [0.2, 0.25) is 11.3 Å². The second kappa shape index (κ2) is 13.8. The molecular formula is C27H36N5O11PS. The van der Waals surface area contributed by atoms with Crippen LogP contribution in [0.5, 0.6) is 5.75 Å². The zero-order valence-electron chi connectivity index (χ0n) is 25.4. The third-order valence-corrected chi connectivity index (χ3v) is 8.89. The number of hydrogen-bond donors (Lipinski definition) is 3. The molecule has 4 N–H and O–H groups in total. The first kappa shape index (κ1) is 34.2. The van der Waals surface area contributed by atoms with E-state index in [2.05, 4.69) is 15.0 Å². The number of carbonyl (C=O) groups is 2. The molecule has 2 heterocycles. The molecule has 18 heteroatoms. The maximum absolute atomic E-state index is 13.1. The molecule has 246 valence electrons. The van der Waals surface area contributed by atoms with Gasteiger partial charge in [0.1, 0.15) is 24.5 Å². The zero-order valence-corrected chi connectivity index (χ0v) is 27.1. The molecule has 16 nitrogen and oxygen atoms in total. The molecule has 1 aliphatic carbocycles. The Labute approximate surface area is 263 Å². The Hall–Kier alpha value is -3.63. The summed E-state index contributed by atoms with van der Waals surface area (Å²) in [7, 11) is -3.80. The molecule has 0 amide bonds. The van der Waals surface area contributed by atoms with E-state index in [9.17, 15) is 23.9 Å². The topological polar surface area (TPSA) is 217 Å². The number of nitrogens with zero attached hydrogens (tertiary/aromatic N) is 4. The van der Waals surface area contributed by atoms with Gasteiger partial charge in [-0.3, -0.25) is 4.57 Å². The smallest absolute Gasteiger partial charge is 0.496 e. The molecule has 0 saturated heterocycles. The molecule has 2 aromatic heterocycles. The monoisotopic (exact) mass is 669 g/mol. The van der Waals surface area contributed by atoms with Crippen molar-refractivity contribution in [3.05, 3.63) is 30.5 Å². The van der Waals surface area contributed by atoms with E-state index in [0.717, 1.165) is 4.90 Å². The van der Waals surface area contributed by atoms with Gasteiger partial charge in [0.25, 0.3) is 0 Å². The quantitative estimate of drug-likeness (QED) is 0.162. The van der Waals surface area contributed by atoms with Crippen LogP contribution in [0.15, 0.2) is 40.5 Å². The summed E-state index contributed by atoms with van der Waals surface area (Å²) in [6.45, 7) is 4.29. The lowest BCUT2D eigenvalue weighted by Gasteiger charge is -2.36. The first-order valence-electron chi connectivity index (χ1n) is 13.9. The van der Waals surface area contributed by atoms with Gasteiger partial charge in [0, 0.05) is 0 Å². The van der Waals surface area contributed by atoms with Crippen molar-refractivity contribution < 1.29 is 52.4 Å². The number of hydrogen-bond acceptors (Lipinski definition) is 14. The molecule has 1 fully saturated rings. The van der Waals surface area contributed by atoms with Crippen molar-refractivity contribution in [1.82, 2.24) is 19.5 Å². The predicted octanol–water partition coefficient (Wildman–Crippen LogP) is 4.11. The summed E-state index contributed by atoms with van der Waals surface area (Å²) < 4.78 is 46.6. The van der Waals surface area contributed by atoms with Gasteiger partial charge in [0.05, 0.1) is 42.6 Å². The van der Waals surface area contributed by atoms with Crippen LogP contribution in [0.4, 0.5) is 15.5 Å². The molecule has 0 unspecified atom stereocenters.